The molecule has 6 heteroatoms. The molecule has 2 aromatic rings. The van der Waals surface area contributed by atoms with Gasteiger partial charge >= 0.3 is 11.7 Å². The number of benzene rings is 1. The zero-order chi connectivity index (χ0) is 14.7. The highest BCUT2D eigenvalue weighted by Gasteiger charge is 2.15. The van der Waals surface area contributed by atoms with E-state index in [0.29, 0.717) is 23.1 Å². The first-order chi connectivity index (χ1) is 9.55. The molecule has 0 aliphatic carbocycles. The van der Waals surface area contributed by atoms with Gasteiger partial charge in [-0.2, -0.15) is 0 Å². The molecule has 0 fully saturated rings. The summed E-state index contributed by atoms with van der Waals surface area (Å²) in [5.74, 6) is -1.09. The fourth-order valence-corrected chi connectivity index (χ4v) is 1.83. The van der Waals surface area contributed by atoms with Crippen molar-refractivity contribution in [1.82, 2.24) is 4.57 Å². The van der Waals surface area contributed by atoms with Crippen LogP contribution >= 0.6 is 0 Å². The van der Waals surface area contributed by atoms with Gasteiger partial charge in [-0.25, -0.2) is 4.79 Å². The Labute approximate surface area is 115 Å². The van der Waals surface area contributed by atoms with Gasteiger partial charge in [0.1, 0.15) is 6.54 Å². The Kier molecular flexibility index (Phi) is 4.24. The van der Waals surface area contributed by atoms with Crippen molar-refractivity contribution in [3.8, 4) is 0 Å². The average Bonchev–Trinajstić information content (AvgIpc) is 2.73. The van der Waals surface area contributed by atoms with Gasteiger partial charge in [0.15, 0.2) is 5.58 Å². The second-order valence-corrected chi connectivity index (χ2v) is 4.62. The summed E-state index contributed by atoms with van der Waals surface area (Å²) < 4.78 is 11.4. The van der Waals surface area contributed by atoms with Crippen LogP contribution in [0.4, 0.5) is 0 Å². The van der Waals surface area contributed by atoms with Gasteiger partial charge in [-0.15, -0.1) is 0 Å². The lowest BCUT2D eigenvalue weighted by Gasteiger charge is -2.10. The third-order valence-electron chi connectivity index (χ3n) is 3.11. The van der Waals surface area contributed by atoms with Gasteiger partial charge < -0.3 is 14.3 Å². The SMILES string of the molecule is CCC(C)OC(=O)Cn1c(=O)oc2cc(CO)ccc21. The zero-order valence-electron chi connectivity index (χ0n) is 11.5. The Morgan fingerprint density at radius 1 is 1.50 bits per heavy atom. The maximum atomic E-state index is 11.8. The van der Waals surface area contributed by atoms with Crippen molar-refractivity contribution >= 4 is 17.1 Å². The van der Waals surface area contributed by atoms with Crippen molar-refractivity contribution in [3.63, 3.8) is 0 Å². The average molecular weight is 279 g/mol. The van der Waals surface area contributed by atoms with E-state index in [1.165, 1.54) is 4.57 Å². The molecule has 6 nitrogen and oxygen atoms in total. The minimum atomic E-state index is -0.615. The zero-order valence-corrected chi connectivity index (χ0v) is 11.5. The molecule has 2 rings (SSSR count). The highest BCUT2D eigenvalue weighted by Crippen LogP contribution is 2.15. The minimum absolute atomic E-state index is 0.138. The van der Waals surface area contributed by atoms with Gasteiger partial charge in [0.2, 0.25) is 0 Å². The van der Waals surface area contributed by atoms with Crippen LogP contribution in [-0.4, -0.2) is 21.7 Å². The van der Waals surface area contributed by atoms with E-state index >= 15 is 0 Å². The third kappa shape index (κ3) is 2.91. The molecule has 0 aliphatic heterocycles. The number of nitrogens with zero attached hydrogens (tertiary/aromatic N) is 1. The summed E-state index contributed by atoms with van der Waals surface area (Å²) in [5.41, 5.74) is 1.49. The fraction of sp³-hybridized carbons (Fsp3) is 0.429. The number of esters is 1. The lowest BCUT2D eigenvalue weighted by atomic mass is 10.2. The molecule has 1 atom stereocenters. The Morgan fingerprint density at radius 3 is 2.90 bits per heavy atom. The van der Waals surface area contributed by atoms with Crippen LogP contribution in [0.1, 0.15) is 25.8 Å². The Morgan fingerprint density at radius 2 is 2.25 bits per heavy atom. The fourth-order valence-electron chi connectivity index (χ4n) is 1.83. The van der Waals surface area contributed by atoms with E-state index in [2.05, 4.69) is 0 Å². The molecule has 0 saturated heterocycles. The first-order valence-electron chi connectivity index (χ1n) is 6.47. The monoisotopic (exact) mass is 279 g/mol. The number of fused-ring (bicyclic) bond motifs is 1. The van der Waals surface area contributed by atoms with E-state index in [-0.39, 0.29) is 19.3 Å². The smallest absolute Gasteiger partial charge is 0.420 e. The molecule has 0 aliphatic rings. The van der Waals surface area contributed by atoms with Gasteiger partial charge in [-0.05, 0) is 31.0 Å². The number of aromatic nitrogens is 1. The second-order valence-electron chi connectivity index (χ2n) is 4.62. The lowest BCUT2D eigenvalue weighted by Crippen LogP contribution is -2.24. The molecule has 0 amide bonds. The molecule has 108 valence electrons. The summed E-state index contributed by atoms with van der Waals surface area (Å²) in [7, 11) is 0. The molecule has 1 N–H and O–H groups in total. The Hall–Kier alpha value is -2.08. The first-order valence-corrected chi connectivity index (χ1v) is 6.47. The Balaban J connectivity index is 2.28. The van der Waals surface area contributed by atoms with Crippen LogP contribution in [0.15, 0.2) is 27.4 Å². The second kappa shape index (κ2) is 5.92. The number of carbonyl (C=O) groups is 1. The molecule has 0 spiro atoms. The normalized spacial score (nSPS) is 12.6. The number of hydrogen-bond acceptors (Lipinski definition) is 5. The molecule has 1 aromatic heterocycles. The largest absolute Gasteiger partial charge is 0.461 e. The summed E-state index contributed by atoms with van der Waals surface area (Å²) in [4.78, 5) is 23.5. The summed E-state index contributed by atoms with van der Waals surface area (Å²) in [6, 6.07) is 4.89. The van der Waals surface area contributed by atoms with Gasteiger partial charge in [-0.1, -0.05) is 13.0 Å². The number of aliphatic hydroxyl groups is 1. The van der Waals surface area contributed by atoms with Gasteiger partial charge in [0.25, 0.3) is 0 Å². The van der Waals surface area contributed by atoms with Crippen molar-refractivity contribution in [2.24, 2.45) is 0 Å². The molecule has 1 heterocycles. The number of aliphatic hydroxyl groups excluding tert-OH is 1. The van der Waals surface area contributed by atoms with Crippen LogP contribution in [0.2, 0.25) is 0 Å². The van der Waals surface area contributed by atoms with E-state index in [4.69, 9.17) is 14.3 Å². The van der Waals surface area contributed by atoms with E-state index in [1.807, 2.05) is 6.92 Å². The first kappa shape index (κ1) is 14.3. The van der Waals surface area contributed by atoms with Crippen LogP contribution in [0.3, 0.4) is 0 Å². The van der Waals surface area contributed by atoms with Gasteiger partial charge in [0, 0.05) is 0 Å². The van der Waals surface area contributed by atoms with Crippen LogP contribution in [0, 0.1) is 0 Å². The van der Waals surface area contributed by atoms with Crippen molar-refractivity contribution in [2.45, 2.75) is 39.5 Å². The van der Waals surface area contributed by atoms with Crippen LogP contribution in [-0.2, 0) is 22.7 Å². The van der Waals surface area contributed by atoms with E-state index < -0.39 is 11.7 Å². The van der Waals surface area contributed by atoms with E-state index in [9.17, 15) is 9.59 Å². The van der Waals surface area contributed by atoms with Crippen LogP contribution in [0.5, 0.6) is 0 Å². The molecule has 20 heavy (non-hydrogen) atoms. The molecule has 0 saturated carbocycles. The maximum Gasteiger partial charge on any atom is 0.420 e. The van der Waals surface area contributed by atoms with Crippen molar-refractivity contribution in [1.29, 1.82) is 0 Å². The Bertz CT molecular complexity index is 670. The van der Waals surface area contributed by atoms with Gasteiger partial charge in [0.05, 0.1) is 18.2 Å². The van der Waals surface area contributed by atoms with Crippen molar-refractivity contribution < 1.29 is 19.1 Å². The molecular formula is C14H17NO5. The number of hydrogen-bond donors (Lipinski definition) is 1. The van der Waals surface area contributed by atoms with Crippen molar-refractivity contribution in [3.05, 3.63) is 34.3 Å². The predicted octanol–water partition coefficient (Wildman–Crippen LogP) is 1.43. The molecule has 0 bridgehead atoms. The van der Waals surface area contributed by atoms with E-state index in [1.54, 1.807) is 25.1 Å². The number of oxazole rings is 1. The van der Waals surface area contributed by atoms with E-state index in [0.717, 1.165) is 0 Å². The van der Waals surface area contributed by atoms with Crippen molar-refractivity contribution in [2.75, 3.05) is 0 Å². The highest BCUT2D eigenvalue weighted by molar-refractivity contribution is 5.77. The number of carbonyl (C=O) groups excluding carboxylic acids is 1. The quantitative estimate of drug-likeness (QED) is 0.837. The third-order valence-corrected chi connectivity index (χ3v) is 3.11. The van der Waals surface area contributed by atoms with Crippen LogP contribution < -0.4 is 5.76 Å². The predicted molar refractivity (Wildman–Crippen MR) is 72.2 cm³/mol. The summed E-state index contributed by atoms with van der Waals surface area (Å²) in [6.07, 6.45) is 0.532. The maximum absolute atomic E-state index is 11.8. The molecule has 0 radical (unpaired) electrons. The highest BCUT2D eigenvalue weighted by atomic mass is 16.5. The molecular weight excluding hydrogens is 262 g/mol. The van der Waals surface area contributed by atoms with Gasteiger partial charge in [-0.3, -0.25) is 9.36 Å². The standard InChI is InChI=1S/C14H17NO5/c1-3-9(2)19-13(17)7-15-11-5-4-10(8-16)6-12(11)20-14(15)18/h4-6,9,16H,3,7-8H2,1-2H3. The lowest BCUT2D eigenvalue weighted by molar-refractivity contribution is -0.149. The van der Waals surface area contributed by atoms with Crippen LogP contribution in [0.25, 0.3) is 11.1 Å². The number of ether oxygens (including phenoxy) is 1. The molecule has 1 unspecified atom stereocenters. The summed E-state index contributed by atoms with van der Waals surface area (Å²) in [5, 5.41) is 9.04. The minimum Gasteiger partial charge on any atom is -0.461 e. The topological polar surface area (TPSA) is 81.7 Å². The molecule has 1 aromatic carbocycles. The number of rotatable bonds is 5. The summed E-state index contributed by atoms with van der Waals surface area (Å²) >= 11 is 0. The summed E-state index contributed by atoms with van der Waals surface area (Å²) in [6.45, 7) is 3.38.